The van der Waals surface area contributed by atoms with Gasteiger partial charge in [-0.05, 0) is 6.42 Å². The van der Waals surface area contributed by atoms with Crippen molar-refractivity contribution in [1.29, 1.82) is 0 Å². The Labute approximate surface area is 254 Å². The van der Waals surface area contributed by atoms with Gasteiger partial charge in [-0.15, -0.1) is 5.06 Å². The summed E-state index contributed by atoms with van der Waals surface area (Å²) in [6.45, 7) is -1.35. The second kappa shape index (κ2) is 16.1. The summed E-state index contributed by atoms with van der Waals surface area (Å²) in [7, 11) is -19.3. The Morgan fingerprint density at radius 1 is 0.778 bits per heavy atom. The van der Waals surface area contributed by atoms with Crippen molar-refractivity contribution in [3.8, 4) is 5.75 Å². The number of hydrogen-bond donors (Lipinski definition) is 9. The summed E-state index contributed by atoms with van der Waals surface area (Å²) in [5.74, 6) is -1.38. The molecule has 0 aliphatic carbocycles. The molecular formula is C19H33N5O17P4. The van der Waals surface area contributed by atoms with Crippen LogP contribution in [0.5, 0.6) is 5.75 Å². The van der Waals surface area contributed by atoms with Crippen molar-refractivity contribution in [2.75, 3.05) is 38.3 Å². The minimum absolute atomic E-state index is 0.0227. The molecule has 0 saturated carbocycles. The Morgan fingerprint density at radius 3 is 1.56 bits per heavy atom. The fraction of sp³-hybridized carbons (Fsp3) is 0.579. The van der Waals surface area contributed by atoms with Gasteiger partial charge in [0.05, 0.1) is 18.0 Å². The number of amides is 3. The van der Waals surface area contributed by atoms with Crippen LogP contribution in [0.4, 0.5) is 4.79 Å². The van der Waals surface area contributed by atoms with Crippen LogP contribution in [0.15, 0.2) is 12.1 Å². The molecule has 0 bridgehead atoms. The smallest absolute Gasteiger partial charge is 0.432 e. The lowest BCUT2D eigenvalue weighted by Gasteiger charge is -2.25. The lowest BCUT2D eigenvalue weighted by molar-refractivity contribution is -0.171. The van der Waals surface area contributed by atoms with Gasteiger partial charge in [0.2, 0.25) is 0 Å². The van der Waals surface area contributed by atoms with Gasteiger partial charge in [0, 0.05) is 44.6 Å². The number of rotatable bonds is 18. The molecule has 0 unspecified atom stereocenters. The molecule has 9 N–H and O–H groups in total. The third-order valence-electron chi connectivity index (χ3n) is 5.25. The van der Waals surface area contributed by atoms with Crippen LogP contribution in [0.1, 0.15) is 30.7 Å². The number of carbonyl (C=O) groups excluding carboxylic acids is 3. The molecule has 2 heterocycles. The van der Waals surface area contributed by atoms with Crippen LogP contribution in [0.2, 0.25) is 0 Å². The van der Waals surface area contributed by atoms with E-state index in [1.807, 2.05) is 0 Å². The number of hydroxylamine groups is 2. The molecule has 1 aromatic rings. The van der Waals surface area contributed by atoms with Crippen LogP contribution in [-0.4, -0.2) is 115 Å². The highest BCUT2D eigenvalue weighted by Crippen LogP contribution is 2.42. The van der Waals surface area contributed by atoms with E-state index in [2.05, 4.69) is 15.1 Å². The first-order valence-electron chi connectivity index (χ1n) is 12.6. The molecule has 256 valence electrons. The van der Waals surface area contributed by atoms with Crippen molar-refractivity contribution in [2.45, 2.75) is 32.4 Å². The summed E-state index contributed by atoms with van der Waals surface area (Å²) >= 11 is 0. The van der Waals surface area contributed by atoms with Gasteiger partial charge >= 0.3 is 36.5 Å². The van der Waals surface area contributed by atoms with Gasteiger partial charge in [0.1, 0.15) is 30.9 Å². The van der Waals surface area contributed by atoms with Crippen LogP contribution in [0.3, 0.4) is 0 Å². The summed E-state index contributed by atoms with van der Waals surface area (Å²) in [6, 6.07) is 2.44. The second-order valence-electron chi connectivity index (χ2n) is 9.76. The Morgan fingerprint density at radius 2 is 1.18 bits per heavy atom. The lowest BCUT2D eigenvalue weighted by Crippen LogP contribution is -2.37. The van der Waals surface area contributed by atoms with E-state index in [9.17, 15) is 71.8 Å². The van der Waals surface area contributed by atoms with Crippen molar-refractivity contribution in [3.63, 3.8) is 0 Å². The van der Waals surface area contributed by atoms with Crippen molar-refractivity contribution in [1.82, 2.24) is 25.2 Å². The van der Waals surface area contributed by atoms with E-state index in [0.717, 1.165) is 0 Å². The zero-order valence-electron chi connectivity index (χ0n) is 23.3. The second-order valence-corrected chi connectivity index (χ2v) is 16.2. The first kappa shape index (κ1) is 39.1. The highest BCUT2D eigenvalue weighted by atomic mass is 31.2. The standard InChI is InChI=1S/C19H33N5O17P4/c25-17-2-3-18(26)24(17)41-19(27)20-4-1-5-40-16-6-14(8-22(10-42(28,29)30)11-43(31,32)33)21-15(7-16)9-23(12-44(34,35)36)13-45(37,38)39/h6-7H,1-5,8-13H2,(H,20,27)(H2,28,29,30)(H2,31,32,33)(H2,34,35,36)(H2,37,38,39). The Bertz CT molecular complexity index is 1290. The first-order valence-corrected chi connectivity index (χ1v) is 19.7. The monoisotopic (exact) mass is 727 g/mol. The van der Waals surface area contributed by atoms with E-state index in [-0.39, 0.29) is 49.6 Å². The molecule has 0 radical (unpaired) electrons. The molecule has 3 amide bonds. The topological polar surface area (TPSA) is 334 Å². The highest BCUT2D eigenvalue weighted by molar-refractivity contribution is 7.53. The number of nitrogens with zero attached hydrogens (tertiary/aromatic N) is 4. The molecule has 26 heteroatoms. The zero-order valence-corrected chi connectivity index (χ0v) is 26.8. The number of hydrogen-bond acceptors (Lipinski definition) is 12. The number of pyridine rings is 1. The molecule has 1 aliphatic rings. The van der Waals surface area contributed by atoms with Gasteiger partial charge < -0.3 is 54.0 Å². The van der Waals surface area contributed by atoms with Crippen molar-refractivity contribution >= 4 is 48.3 Å². The third-order valence-corrected chi connectivity index (χ3v) is 8.33. The Hall–Kier alpha value is -2.12. The summed E-state index contributed by atoms with van der Waals surface area (Å²) in [5.41, 5.74) is -0.197. The molecule has 1 fully saturated rings. The van der Waals surface area contributed by atoms with Crippen molar-refractivity contribution in [2.24, 2.45) is 0 Å². The minimum atomic E-state index is -4.83. The summed E-state index contributed by atoms with van der Waals surface area (Å²) < 4.78 is 51.9. The predicted octanol–water partition coefficient (Wildman–Crippen LogP) is -1.21. The maximum absolute atomic E-state index is 11.9. The van der Waals surface area contributed by atoms with Gasteiger partial charge in [-0.25, -0.2) is 4.79 Å². The van der Waals surface area contributed by atoms with Crippen LogP contribution >= 0.6 is 30.4 Å². The predicted molar refractivity (Wildman–Crippen MR) is 149 cm³/mol. The largest absolute Gasteiger partial charge is 0.493 e. The molecule has 1 aliphatic heterocycles. The normalized spacial score (nSPS) is 14.8. The molecule has 22 nitrogen and oxygen atoms in total. The van der Waals surface area contributed by atoms with Gasteiger partial charge in [-0.1, -0.05) is 0 Å². The van der Waals surface area contributed by atoms with Crippen molar-refractivity contribution in [3.05, 3.63) is 23.5 Å². The first-order chi connectivity index (χ1) is 20.5. The third kappa shape index (κ3) is 16.8. The van der Waals surface area contributed by atoms with E-state index >= 15 is 0 Å². The van der Waals surface area contributed by atoms with Gasteiger partial charge in [-0.3, -0.25) is 42.6 Å². The van der Waals surface area contributed by atoms with E-state index < -0.39 is 86.5 Å². The Kier molecular flexibility index (Phi) is 14.0. The van der Waals surface area contributed by atoms with Crippen molar-refractivity contribution < 1.29 is 81.4 Å². The minimum Gasteiger partial charge on any atom is -0.493 e. The zero-order chi connectivity index (χ0) is 34.2. The van der Waals surface area contributed by atoms with Gasteiger partial charge in [0.15, 0.2) is 0 Å². The SMILES string of the molecule is O=C(NCCCOc1cc(CN(CP(=O)(O)O)CP(=O)(O)O)nc(CN(CP(=O)(O)O)CP(=O)(O)O)c1)ON1C(=O)CCC1=O. The summed E-state index contributed by atoms with van der Waals surface area (Å²) in [4.78, 5) is 120. The fourth-order valence-electron chi connectivity index (χ4n) is 3.88. The molecular weight excluding hydrogens is 694 g/mol. The molecule has 45 heavy (non-hydrogen) atoms. The highest BCUT2D eigenvalue weighted by Gasteiger charge is 2.33. The quantitative estimate of drug-likeness (QED) is 0.0486. The van der Waals surface area contributed by atoms with Crippen LogP contribution in [0.25, 0.3) is 0 Å². The number of ether oxygens (including phenoxy) is 1. The molecule has 0 spiro atoms. The number of imide groups is 1. The van der Waals surface area contributed by atoms with E-state index in [1.165, 1.54) is 12.1 Å². The lowest BCUT2D eigenvalue weighted by atomic mass is 10.2. The Balaban J connectivity index is 2.21. The summed E-state index contributed by atoms with van der Waals surface area (Å²) in [5, 5.41) is 2.63. The number of carbonyl (C=O) groups is 3. The number of aromatic nitrogens is 1. The average molecular weight is 727 g/mol. The molecule has 0 atom stereocenters. The fourth-order valence-corrected chi connectivity index (χ4v) is 7.08. The molecule has 0 aromatic carbocycles. The van der Waals surface area contributed by atoms with E-state index in [4.69, 9.17) is 4.74 Å². The molecule has 2 rings (SSSR count). The average Bonchev–Trinajstić information content (AvgIpc) is 3.11. The number of nitrogens with one attached hydrogen (secondary N) is 1. The maximum atomic E-state index is 11.9. The van der Waals surface area contributed by atoms with Gasteiger partial charge in [-0.2, -0.15) is 0 Å². The van der Waals surface area contributed by atoms with E-state index in [0.29, 0.717) is 14.9 Å². The molecule has 1 aromatic heterocycles. The van der Waals surface area contributed by atoms with Crippen LogP contribution < -0.4 is 10.1 Å². The molecule has 1 saturated heterocycles. The van der Waals surface area contributed by atoms with Crippen LogP contribution in [0, 0.1) is 0 Å². The van der Waals surface area contributed by atoms with Crippen LogP contribution in [-0.2, 0) is 45.8 Å². The van der Waals surface area contributed by atoms with Gasteiger partial charge in [0.25, 0.3) is 11.8 Å². The summed E-state index contributed by atoms with van der Waals surface area (Å²) in [6.07, 6.45) is -5.51. The van der Waals surface area contributed by atoms with E-state index in [1.54, 1.807) is 0 Å². The maximum Gasteiger partial charge on any atom is 0.432 e.